The monoisotopic (exact) mass is 456 g/mol. The number of aromatic nitrogens is 2. The van der Waals surface area contributed by atoms with Crippen molar-refractivity contribution in [3.05, 3.63) is 60.3 Å². The number of sulfonamides is 1. The van der Waals surface area contributed by atoms with Crippen LogP contribution in [0.4, 0.5) is 5.69 Å². The second-order valence-corrected chi connectivity index (χ2v) is 9.68. The third kappa shape index (κ3) is 4.52. The maximum Gasteiger partial charge on any atom is 0.273 e. The van der Waals surface area contributed by atoms with Crippen LogP contribution < -0.4 is 5.32 Å². The first-order chi connectivity index (χ1) is 15.2. The molecule has 1 fully saturated rings. The second kappa shape index (κ2) is 8.73. The minimum atomic E-state index is -3.66. The van der Waals surface area contributed by atoms with Gasteiger partial charge in [-0.3, -0.25) is 9.89 Å². The number of nitrogens with zero attached hydrogens (tertiary/aromatic N) is 2. The van der Waals surface area contributed by atoms with E-state index in [9.17, 15) is 18.3 Å². The zero-order valence-corrected chi connectivity index (χ0v) is 18.5. The number of para-hydroxylation sites is 1. The van der Waals surface area contributed by atoms with E-state index >= 15 is 0 Å². The number of rotatable bonds is 5. The molecule has 9 nitrogen and oxygen atoms in total. The van der Waals surface area contributed by atoms with E-state index in [0.29, 0.717) is 30.0 Å². The van der Waals surface area contributed by atoms with E-state index in [4.69, 9.17) is 4.74 Å². The van der Waals surface area contributed by atoms with Gasteiger partial charge in [-0.25, -0.2) is 8.42 Å². The number of carbonyl (C=O) groups excluding carboxylic acids is 1. The van der Waals surface area contributed by atoms with Crippen LogP contribution in [-0.4, -0.2) is 59.2 Å². The van der Waals surface area contributed by atoms with Crippen molar-refractivity contribution in [3.63, 3.8) is 0 Å². The summed E-state index contributed by atoms with van der Waals surface area (Å²) in [7, 11) is -3.66. The van der Waals surface area contributed by atoms with Crippen LogP contribution in [0.15, 0.2) is 59.5 Å². The van der Waals surface area contributed by atoms with E-state index in [-0.39, 0.29) is 28.5 Å². The maximum atomic E-state index is 12.9. The molecule has 0 aliphatic carbocycles. The number of morpholine rings is 1. The van der Waals surface area contributed by atoms with Gasteiger partial charge in [0.25, 0.3) is 5.91 Å². The number of hydrogen-bond donors (Lipinski definition) is 3. The molecule has 0 bridgehead atoms. The molecule has 3 N–H and O–H groups in total. The Bertz CT molecular complexity index is 1210. The fourth-order valence-corrected chi connectivity index (χ4v) is 5.24. The molecule has 0 radical (unpaired) electrons. The highest BCUT2D eigenvalue weighted by atomic mass is 32.2. The molecule has 2 aromatic carbocycles. The number of ether oxygens (including phenoxy) is 1. The number of phenols is 1. The van der Waals surface area contributed by atoms with Crippen LogP contribution in [0.2, 0.25) is 0 Å². The lowest BCUT2D eigenvalue weighted by molar-refractivity contribution is -0.0440. The molecule has 10 heteroatoms. The van der Waals surface area contributed by atoms with Crippen LogP contribution in [0.25, 0.3) is 11.3 Å². The largest absolute Gasteiger partial charge is 0.507 e. The lowest BCUT2D eigenvalue weighted by atomic mass is 10.1. The summed E-state index contributed by atoms with van der Waals surface area (Å²) in [6.45, 7) is 4.28. The van der Waals surface area contributed by atoms with Crippen molar-refractivity contribution in [2.24, 2.45) is 0 Å². The van der Waals surface area contributed by atoms with Crippen LogP contribution in [0.1, 0.15) is 24.3 Å². The lowest BCUT2D eigenvalue weighted by Crippen LogP contribution is -2.48. The molecule has 1 aromatic heterocycles. The van der Waals surface area contributed by atoms with Gasteiger partial charge in [0.2, 0.25) is 10.0 Å². The van der Waals surface area contributed by atoms with E-state index in [2.05, 4.69) is 15.5 Å². The Morgan fingerprint density at radius 2 is 1.78 bits per heavy atom. The van der Waals surface area contributed by atoms with Gasteiger partial charge in [0.05, 0.1) is 22.8 Å². The number of aromatic amines is 1. The Hall–Kier alpha value is -3.21. The topological polar surface area (TPSA) is 125 Å². The third-order valence-corrected chi connectivity index (χ3v) is 6.98. The van der Waals surface area contributed by atoms with Gasteiger partial charge in [-0.2, -0.15) is 9.40 Å². The minimum absolute atomic E-state index is 0.0619. The molecule has 4 rings (SSSR count). The summed E-state index contributed by atoms with van der Waals surface area (Å²) in [5, 5.41) is 19.4. The molecule has 1 aliphatic heterocycles. The first kappa shape index (κ1) is 22.0. The van der Waals surface area contributed by atoms with E-state index in [1.165, 1.54) is 28.6 Å². The quantitative estimate of drug-likeness (QED) is 0.542. The molecular formula is C22H24N4O5S. The summed E-state index contributed by atoms with van der Waals surface area (Å²) in [6.07, 6.45) is -0.353. The standard InChI is InChI=1S/C22H24N4O5S/c1-14-12-26(13-15(2)31-14)32(29,30)17-9-7-16(8-10-17)23-22(28)20-11-19(24-25-20)18-5-3-4-6-21(18)27/h3-11,14-15,27H,12-13H2,1-2H3,(H,23,28)(H,24,25)/t14-,15-/m1/s1. The molecule has 3 aromatic rings. The number of nitrogens with one attached hydrogen (secondary N) is 2. The molecule has 1 aliphatic rings. The summed E-state index contributed by atoms with van der Waals surface area (Å²) in [5.74, 6) is -0.377. The Morgan fingerprint density at radius 3 is 2.44 bits per heavy atom. The number of H-pyrrole nitrogens is 1. The molecule has 1 saturated heterocycles. The van der Waals surface area contributed by atoms with E-state index in [1.807, 2.05) is 13.8 Å². The minimum Gasteiger partial charge on any atom is -0.507 e. The van der Waals surface area contributed by atoms with E-state index in [1.54, 1.807) is 30.3 Å². The summed E-state index contributed by atoms with van der Waals surface area (Å²) >= 11 is 0. The molecule has 0 saturated carbocycles. The number of benzene rings is 2. The summed E-state index contributed by atoms with van der Waals surface area (Å²) in [6, 6.07) is 14.2. The van der Waals surface area contributed by atoms with Gasteiger partial charge in [-0.15, -0.1) is 0 Å². The molecule has 1 amide bonds. The molecule has 0 spiro atoms. The first-order valence-electron chi connectivity index (χ1n) is 10.1. The van der Waals surface area contributed by atoms with E-state index < -0.39 is 15.9 Å². The van der Waals surface area contributed by atoms with Crippen LogP contribution in [-0.2, 0) is 14.8 Å². The van der Waals surface area contributed by atoms with Crippen molar-refractivity contribution in [1.82, 2.24) is 14.5 Å². The Balaban J connectivity index is 1.46. The molecule has 0 unspecified atom stereocenters. The number of phenolic OH excluding ortho intramolecular Hbond substituents is 1. The van der Waals surface area contributed by atoms with Crippen molar-refractivity contribution < 1.29 is 23.1 Å². The molecule has 32 heavy (non-hydrogen) atoms. The maximum absolute atomic E-state index is 12.9. The number of amides is 1. The predicted octanol–water partition coefficient (Wildman–Crippen LogP) is 2.83. The zero-order chi connectivity index (χ0) is 22.9. The number of anilines is 1. The van der Waals surface area contributed by atoms with Crippen molar-refractivity contribution in [1.29, 1.82) is 0 Å². The smallest absolute Gasteiger partial charge is 0.273 e. The number of carbonyl (C=O) groups is 1. The van der Waals surface area contributed by atoms with Gasteiger partial charge < -0.3 is 15.2 Å². The Labute approximate surface area is 186 Å². The van der Waals surface area contributed by atoms with Crippen LogP contribution in [0.3, 0.4) is 0 Å². The van der Waals surface area contributed by atoms with Gasteiger partial charge >= 0.3 is 0 Å². The highest BCUT2D eigenvalue weighted by molar-refractivity contribution is 7.89. The third-order valence-electron chi connectivity index (χ3n) is 5.14. The molecular weight excluding hydrogens is 432 g/mol. The van der Waals surface area contributed by atoms with Crippen molar-refractivity contribution in [3.8, 4) is 17.0 Å². The second-order valence-electron chi connectivity index (χ2n) is 7.74. The number of hydrogen-bond acceptors (Lipinski definition) is 6. The zero-order valence-electron chi connectivity index (χ0n) is 17.6. The lowest BCUT2D eigenvalue weighted by Gasteiger charge is -2.34. The summed E-state index contributed by atoms with van der Waals surface area (Å²) in [5.41, 5.74) is 1.58. The van der Waals surface area contributed by atoms with Crippen molar-refractivity contribution in [2.45, 2.75) is 31.0 Å². The average molecular weight is 457 g/mol. The van der Waals surface area contributed by atoms with Gasteiger partial charge in [0.15, 0.2) is 0 Å². The first-order valence-corrected chi connectivity index (χ1v) is 11.6. The van der Waals surface area contributed by atoms with Crippen molar-refractivity contribution >= 4 is 21.6 Å². The highest BCUT2D eigenvalue weighted by Gasteiger charge is 2.32. The molecule has 2 heterocycles. The van der Waals surface area contributed by atoms with E-state index in [0.717, 1.165) is 0 Å². The highest BCUT2D eigenvalue weighted by Crippen LogP contribution is 2.27. The molecule has 2 atom stereocenters. The van der Waals surface area contributed by atoms with Gasteiger partial charge in [0, 0.05) is 24.3 Å². The summed E-state index contributed by atoms with van der Waals surface area (Å²) in [4.78, 5) is 12.7. The van der Waals surface area contributed by atoms with Crippen LogP contribution in [0.5, 0.6) is 5.75 Å². The van der Waals surface area contributed by atoms with Gasteiger partial charge in [-0.05, 0) is 56.3 Å². The van der Waals surface area contributed by atoms with Crippen LogP contribution in [0, 0.1) is 0 Å². The SMILES string of the molecule is C[C@@H]1CN(S(=O)(=O)c2ccc(NC(=O)c3cc(-c4ccccc4O)n[nH]3)cc2)C[C@@H](C)O1. The fraction of sp³-hybridized carbons (Fsp3) is 0.273. The number of aromatic hydroxyl groups is 1. The van der Waals surface area contributed by atoms with Gasteiger partial charge in [0.1, 0.15) is 11.4 Å². The fourth-order valence-electron chi connectivity index (χ4n) is 3.65. The Kier molecular flexibility index (Phi) is 6.00. The normalized spacial score (nSPS) is 19.6. The summed E-state index contributed by atoms with van der Waals surface area (Å²) < 4.78 is 32.9. The van der Waals surface area contributed by atoms with Crippen molar-refractivity contribution in [2.75, 3.05) is 18.4 Å². The average Bonchev–Trinajstić information content (AvgIpc) is 3.24. The predicted molar refractivity (Wildman–Crippen MR) is 119 cm³/mol. The van der Waals surface area contributed by atoms with Crippen LogP contribution >= 0.6 is 0 Å². The molecule has 168 valence electrons. The van der Waals surface area contributed by atoms with Gasteiger partial charge in [-0.1, -0.05) is 12.1 Å². The Morgan fingerprint density at radius 1 is 1.12 bits per heavy atom.